The van der Waals surface area contributed by atoms with E-state index < -0.39 is 23.8 Å². The molecule has 1 aliphatic carbocycles. The molecular formula is C25H31NO7. The van der Waals surface area contributed by atoms with E-state index in [1.165, 1.54) is 19.2 Å². The molecule has 0 bridgehead atoms. The van der Waals surface area contributed by atoms with E-state index in [2.05, 4.69) is 5.32 Å². The summed E-state index contributed by atoms with van der Waals surface area (Å²) in [7, 11) is 1.26. The third kappa shape index (κ3) is 5.11. The standard InChI is InChI=1S/C25H31NO7/c1-13(2)32-10-11-33-25(30)20-15(4)26-18-12-14(3)19(24(29)31-5)23(28)22(18)21(20)16-6-8-17(27)9-7-16/h6-9,13-14,19,21,26-27H,10-12H2,1-5H3. The summed E-state index contributed by atoms with van der Waals surface area (Å²) in [6.07, 6.45) is 0.465. The van der Waals surface area contributed by atoms with E-state index in [0.29, 0.717) is 29.0 Å². The van der Waals surface area contributed by atoms with Crippen molar-refractivity contribution in [1.82, 2.24) is 5.32 Å². The summed E-state index contributed by atoms with van der Waals surface area (Å²) < 4.78 is 15.8. The number of hydrogen-bond acceptors (Lipinski definition) is 8. The number of carbonyl (C=O) groups excluding carboxylic acids is 3. The maximum Gasteiger partial charge on any atom is 0.336 e. The quantitative estimate of drug-likeness (QED) is 0.365. The first-order chi connectivity index (χ1) is 15.6. The van der Waals surface area contributed by atoms with E-state index in [1.54, 1.807) is 19.1 Å². The summed E-state index contributed by atoms with van der Waals surface area (Å²) >= 11 is 0. The summed E-state index contributed by atoms with van der Waals surface area (Å²) in [6.45, 7) is 7.70. The molecule has 1 heterocycles. The number of dihydropyridines is 1. The number of esters is 2. The molecule has 0 fully saturated rings. The minimum absolute atomic E-state index is 0.00978. The van der Waals surface area contributed by atoms with Gasteiger partial charge in [0.2, 0.25) is 0 Å². The van der Waals surface area contributed by atoms with E-state index >= 15 is 0 Å². The Hall–Kier alpha value is -3.13. The summed E-state index contributed by atoms with van der Waals surface area (Å²) in [5.41, 5.74) is 2.54. The number of aromatic hydroxyl groups is 1. The van der Waals surface area contributed by atoms with Gasteiger partial charge < -0.3 is 24.6 Å². The second kappa shape index (κ2) is 10.2. The van der Waals surface area contributed by atoms with Crippen molar-refractivity contribution in [1.29, 1.82) is 0 Å². The molecule has 0 aromatic heterocycles. The van der Waals surface area contributed by atoms with Crippen molar-refractivity contribution in [2.45, 2.75) is 46.1 Å². The van der Waals surface area contributed by atoms with Crippen LogP contribution >= 0.6 is 0 Å². The van der Waals surface area contributed by atoms with E-state index in [-0.39, 0.29) is 42.3 Å². The van der Waals surface area contributed by atoms with Crippen LogP contribution in [0.4, 0.5) is 0 Å². The minimum Gasteiger partial charge on any atom is -0.508 e. The highest BCUT2D eigenvalue weighted by molar-refractivity contribution is 6.12. The predicted molar refractivity (Wildman–Crippen MR) is 120 cm³/mol. The van der Waals surface area contributed by atoms with Gasteiger partial charge in [-0.15, -0.1) is 0 Å². The van der Waals surface area contributed by atoms with Crippen molar-refractivity contribution in [3.63, 3.8) is 0 Å². The highest BCUT2D eigenvalue weighted by atomic mass is 16.6. The van der Waals surface area contributed by atoms with Crippen LogP contribution in [-0.2, 0) is 28.6 Å². The third-order valence-corrected chi connectivity index (χ3v) is 5.96. The molecule has 0 spiro atoms. The Morgan fingerprint density at radius 3 is 2.45 bits per heavy atom. The Balaban J connectivity index is 2.02. The zero-order valence-corrected chi connectivity index (χ0v) is 19.6. The van der Waals surface area contributed by atoms with Gasteiger partial charge in [-0.3, -0.25) is 9.59 Å². The number of rotatable bonds is 7. The second-order valence-corrected chi connectivity index (χ2v) is 8.68. The molecule has 0 saturated carbocycles. The maximum atomic E-state index is 13.6. The number of benzene rings is 1. The minimum atomic E-state index is -0.953. The van der Waals surface area contributed by atoms with Crippen LogP contribution in [0.1, 0.15) is 45.6 Å². The number of phenolic OH excluding ortho intramolecular Hbond substituents is 1. The van der Waals surface area contributed by atoms with Crippen LogP contribution in [0.15, 0.2) is 46.8 Å². The highest BCUT2D eigenvalue weighted by Gasteiger charge is 2.47. The van der Waals surface area contributed by atoms with Crippen LogP contribution in [0.5, 0.6) is 5.75 Å². The number of carbonyl (C=O) groups is 3. The maximum absolute atomic E-state index is 13.6. The topological polar surface area (TPSA) is 111 Å². The third-order valence-electron chi connectivity index (χ3n) is 5.96. The number of Topliss-reactive ketones (excluding diaryl/α,β-unsaturated/α-hetero) is 1. The van der Waals surface area contributed by atoms with Crippen molar-refractivity contribution < 1.29 is 33.7 Å². The molecule has 8 nitrogen and oxygen atoms in total. The Morgan fingerprint density at radius 2 is 1.85 bits per heavy atom. The Kier molecular flexibility index (Phi) is 7.58. The van der Waals surface area contributed by atoms with Gasteiger partial charge in [-0.2, -0.15) is 0 Å². The smallest absolute Gasteiger partial charge is 0.336 e. The van der Waals surface area contributed by atoms with E-state index in [1.807, 2.05) is 20.8 Å². The van der Waals surface area contributed by atoms with Crippen LogP contribution in [0.3, 0.4) is 0 Å². The summed E-state index contributed by atoms with van der Waals surface area (Å²) in [4.78, 5) is 39.2. The number of hydrogen-bond donors (Lipinski definition) is 2. The Morgan fingerprint density at radius 1 is 1.18 bits per heavy atom. The molecule has 178 valence electrons. The lowest BCUT2D eigenvalue weighted by molar-refractivity contribution is -0.151. The van der Waals surface area contributed by atoms with Crippen molar-refractivity contribution >= 4 is 17.7 Å². The first kappa shape index (κ1) is 24.5. The first-order valence-corrected chi connectivity index (χ1v) is 11.1. The van der Waals surface area contributed by atoms with Gasteiger partial charge in [0.25, 0.3) is 0 Å². The van der Waals surface area contributed by atoms with Gasteiger partial charge in [-0.25, -0.2) is 4.79 Å². The molecule has 3 atom stereocenters. The molecule has 3 rings (SSSR count). The lowest BCUT2D eigenvalue weighted by Crippen LogP contribution is -2.43. The van der Waals surface area contributed by atoms with Gasteiger partial charge in [-0.05, 0) is 50.8 Å². The van der Waals surface area contributed by atoms with Crippen molar-refractivity contribution in [3.8, 4) is 5.75 Å². The fourth-order valence-corrected chi connectivity index (χ4v) is 4.45. The van der Waals surface area contributed by atoms with Gasteiger partial charge in [0.15, 0.2) is 5.78 Å². The molecule has 0 radical (unpaired) electrons. The van der Waals surface area contributed by atoms with Gasteiger partial charge in [-0.1, -0.05) is 19.1 Å². The Bertz CT molecular complexity index is 991. The number of nitrogens with one attached hydrogen (secondary N) is 1. The largest absolute Gasteiger partial charge is 0.508 e. The van der Waals surface area contributed by atoms with Crippen LogP contribution in [-0.4, -0.2) is 49.3 Å². The molecule has 8 heteroatoms. The average molecular weight is 458 g/mol. The second-order valence-electron chi connectivity index (χ2n) is 8.68. The van der Waals surface area contributed by atoms with Crippen molar-refractivity contribution in [3.05, 3.63) is 52.4 Å². The summed E-state index contributed by atoms with van der Waals surface area (Å²) in [6, 6.07) is 6.33. The van der Waals surface area contributed by atoms with Crippen molar-refractivity contribution in [2.24, 2.45) is 11.8 Å². The Labute approximate surface area is 193 Å². The lowest BCUT2D eigenvalue weighted by atomic mass is 9.69. The summed E-state index contributed by atoms with van der Waals surface area (Å²) in [5.74, 6) is -3.43. The van der Waals surface area contributed by atoms with Crippen molar-refractivity contribution in [2.75, 3.05) is 20.3 Å². The van der Waals surface area contributed by atoms with Crippen LogP contribution in [0.2, 0.25) is 0 Å². The number of ketones is 1. The number of allylic oxidation sites excluding steroid dienone is 3. The molecule has 2 N–H and O–H groups in total. The number of methoxy groups -OCH3 is 1. The van der Waals surface area contributed by atoms with Gasteiger partial charge in [0, 0.05) is 22.9 Å². The fraction of sp³-hybridized carbons (Fsp3) is 0.480. The molecule has 0 saturated heterocycles. The molecule has 0 amide bonds. The molecule has 33 heavy (non-hydrogen) atoms. The van der Waals surface area contributed by atoms with Crippen LogP contribution in [0, 0.1) is 11.8 Å². The molecule has 2 aliphatic rings. The molecule has 3 unspecified atom stereocenters. The zero-order valence-electron chi connectivity index (χ0n) is 19.6. The van der Waals surface area contributed by atoms with Gasteiger partial charge in [0.1, 0.15) is 18.3 Å². The lowest BCUT2D eigenvalue weighted by Gasteiger charge is -2.38. The number of ether oxygens (including phenoxy) is 3. The zero-order chi connectivity index (χ0) is 24.3. The molecule has 1 aromatic rings. The van der Waals surface area contributed by atoms with Gasteiger partial charge >= 0.3 is 11.9 Å². The fourth-order valence-electron chi connectivity index (χ4n) is 4.45. The average Bonchev–Trinajstić information content (AvgIpc) is 2.75. The van der Waals surface area contributed by atoms with Crippen LogP contribution < -0.4 is 5.32 Å². The molecule has 1 aliphatic heterocycles. The first-order valence-electron chi connectivity index (χ1n) is 11.1. The van der Waals surface area contributed by atoms with Crippen LogP contribution in [0.25, 0.3) is 0 Å². The number of phenols is 1. The van der Waals surface area contributed by atoms with Gasteiger partial charge in [0.05, 0.1) is 25.4 Å². The normalized spacial score (nSPS) is 22.7. The SMILES string of the molecule is COC(=O)C1C(=O)C2=C(CC1C)NC(C)=C(C(=O)OCCOC(C)C)C2c1ccc(O)cc1. The van der Waals surface area contributed by atoms with E-state index in [9.17, 15) is 19.5 Å². The van der Waals surface area contributed by atoms with E-state index in [0.717, 1.165) is 0 Å². The highest BCUT2D eigenvalue weighted by Crippen LogP contribution is 2.45. The predicted octanol–water partition coefficient (Wildman–Crippen LogP) is 2.97. The van der Waals surface area contributed by atoms with E-state index in [4.69, 9.17) is 14.2 Å². The molecule has 1 aromatic carbocycles. The summed E-state index contributed by atoms with van der Waals surface area (Å²) in [5, 5.41) is 13.0. The molecular weight excluding hydrogens is 426 g/mol. The monoisotopic (exact) mass is 457 g/mol.